The van der Waals surface area contributed by atoms with E-state index in [0.717, 1.165) is 58.3 Å². The van der Waals surface area contributed by atoms with Gasteiger partial charge in [0.1, 0.15) is 0 Å². The smallest absolute Gasteiger partial charge is 0.191 e. The van der Waals surface area contributed by atoms with Crippen LogP contribution in [-0.2, 0) is 9.47 Å². The highest BCUT2D eigenvalue weighted by Crippen LogP contribution is 2.08. The summed E-state index contributed by atoms with van der Waals surface area (Å²) in [6.07, 6.45) is 7.53. The fourth-order valence-electron chi connectivity index (χ4n) is 3.16. The lowest BCUT2D eigenvalue weighted by Gasteiger charge is -2.15. The summed E-state index contributed by atoms with van der Waals surface area (Å²) in [5.74, 6) is 0.933. The Morgan fingerprint density at radius 2 is 2.04 bits per heavy atom. The molecule has 2 rings (SSSR count). The third-order valence-electron chi connectivity index (χ3n) is 4.55. The fourth-order valence-corrected chi connectivity index (χ4v) is 3.16. The summed E-state index contributed by atoms with van der Waals surface area (Å²) in [7, 11) is 0. The molecule has 6 nitrogen and oxygen atoms in total. The van der Waals surface area contributed by atoms with Gasteiger partial charge in [0, 0.05) is 32.8 Å². The van der Waals surface area contributed by atoms with Crippen LogP contribution in [0.25, 0.3) is 0 Å². The normalized spacial score (nSPS) is 21.3. The first-order valence-electron chi connectivity index (χ1n) is 9.82. The van der Waals surface area contributed by atoms with Crippen molar-refractivity contribution in [1.82, 2.24) is 15.5 Å². The van der Waals surface area contributed by atoms with Gasteiger partial charge in [0.25, 0.3) is 0 Å². The Kier molecular flexibility index (Phi) is 13.7. The molecule has 7 heteroatoms. The van der Waals surface area contributed by atoms with Gasteiger partial charge in [-0.25, -0.2) is 0 Å². The zero-order valence-corrected chi connectivity index (χ0v) is 18.1. The van der Waals surface area contributed by atoms with Gasteiger partial charge in [-0.15, -0.1) is 24.0 Å². The van der Waals surface area contributed by atoms with E-state index in [1.54, 1.807) is 0 Å². The highest BCUT2D eigenvalue weighted by atomic mass is 127. The summed E-state index contributed by atoms with van der Waals surface area (Å²) in [4.78, 5) is 7.20. The van der Waals surface area contributed by atoms with Gasteiger partial charge in [-0.3, -0.25) is 4.99 Å². The molecule has 0 aliphatic carbocycles. The Morgan fingerprint density at radius 3 is 2.76 bits per heavy atom. The third-order valence-corrected chi connectivity index (χ3v) is 4.55. The number of nitrogens with one attached hydrogen (secondary N) is 2. The number of halogens is 1. The molecule has 0 aromatic carbocycles. The average Bonchev–Trinajstić information content (AvgIpc) is 3.27. The monoisotopic (exact) mass is 468 g/mol. The van der Waals surface area contributed by atoms with Crippen molar-refractivity contribution in [3.05, 3.63) is 0 Å². The quantitative estimate of drug-likeness (QED) is 0.211. The van der Waals surface area contributed by atoms with Crippen LogP contribution in [0.5, 0.6) is 0 Å². The minimum absolute atomic E-state index is 0. The molecule has 25 heavy (non-hydrogen) atoms. The lowest BCUT2D eigenvalue weighted by Crippen LogP contribution is -2.38. The molecule has 0 radical (unpaired) electrons. The predicted octanol–water partition coefficient (Wildman–Crippen LogP) is 2.23. The first kappa shape index (κ1) is 22.9. The van der Waals surface area contributed by atoms with E-state index in [2.05, 4.69) is 27.4 Å². The van der Waals surface area contributed by atoms with Crippen molar-refractivity contribution in [1.29, 1.82) is 0 Å². The number of aliphatic imine (C=N–C) groups is 1. The van der Waals surface area contributed by atoms with Crippen LogP contribution >= 0.6 is 24.0 Å². The van der Waals surface area contributed by atoms with E-state index in [1.165, 1.54) is 45.3 Å². The largest absolute Gasteiger partial charge is 0.379 e. The third kappa shape index (κ3) is 10.6. The molecule has 2 aliphatic rings. The predicted molar refractivity (Wildman–Crippen MR) is 114 cm³/mol. The zero-order valence-electron chi connectivity index (χ0n) is 15.8. The molecule has 148 valence electrons. The highest BCUT2D eigenvalue weighted by molar-refractivity contribution is 14.0. The standard InChI is InChI=1S/C18H36N4O2.HI/c1-2-19-18(20-9-3-4-11-22-12-5-6-13-22)21-10-7-14-24-17-8-15-23-16-17;/h17H,2-16H2,1H3,(H2,19,20,21);1H. The van der Waals surface area contributed by atoms with Crippen molar-refractivity contribution in [3.63, 3.8) is 0 Å². The molecule has 2 heterocycles. The Hall–Kier alpha value is -0.120. The molecular weight excluding hydrogens is 431 g/mol. The summed E-state index contributed by atoms with van der Waals surface area (Å²) in [6, 6.07) is 0. The van der Waals surface area contributed by atoms with Gasteiger partial charge in [-0.2, -0.15) is 0 Å². The van der Waals surface area contributed by atoms with E-state index in [0.29, 0.717) is 6.10 Å². The van der Waals surface area contributed by atoms with Gasteiger partial charge < -0.3 is 25.0 Å². The summed E-state index contributed by atoms with van der Waals surface area (Å²) in [5, 5.41) is 6.75. The number of nitrogens with zero attached hydrogens (tertiary/aromatic N) is 2. The van der Waals surface area contributed by atoms with Crippen LogP contribution in [0.2, 0.25) is 0 Å². The lowest BCUT2D eigenvalue weighted by molar-refractivity contribution is 0.0424. The van der Waals surface area contributed by atoms with E-state index in [1.807, 2.05) is 0 Å². The van der Waals surface area contributed by atoms with E-state index in [4.69, 9.17) is 9.47 Å². The van der Waals surface area contributed by atoms with Gasteiger partial charge in [0.15, 0.2) is 5.96 Å². The first-order chi connectivity index (χ1) is 11.9. The van der Waals surface area contributed by atoms with Crippen LogP contribution in [0.3, 0.4) is 0 Å². The number of likely N-dealkylation sites (tertiary alicyclic amines) is 1. The molecular formula is C18H37IN4O2. The van der Waals surface area contributed by atoms with Crippen LogP contribution < -0.4 is 10.6 Å². The molecule has 2 N–H and O–H groups in total. The van der Waals surface area contributed by atoms with Gasteiger partial charge in [0.05, 0.1) is 12.7 Å². The molecule has 0 aromatic rings. The molecule has 0 amide bonds. The maximum Gasteiger partial charge on any atom is 0.191 e. The fraction of sp³-hybridized carbons (Fsp3) is 0.944. The number of ether oxygens (including phenoxy) is 2. The molecule has 0 saturated carbocycles. The summed E-state index contributed by atoms with van der Waals surface area (Å²) < 4.78 is 11.1. The van der Waals surface area contributed by atoms with Crippen LogP contribution in [0.4, 0.5) is 0 Å². The number of guanidine groups is 1. The van der Waals surface area contributed by atoms with E-state index in [9.17, 15) is 0 Å². The van der Waals surface area contributed by atoms with Gasteiger partial charge in [0.2, 0.25) is 0 Å². The molecule has 0 spiro atoms. The van der Waals surface area contributed by atoms with Crippen molar-refractivity contribution >= 4 is 29.9 Å². The van der Waals surface area contributed by atoms with E-state index < -0.39 is 0 Å². The van der Waals surface area contributed by atoms with Crippen LogP contribution in [0.15, 0.2) is 4.99 Å². The van der Waals surface area contributed by atoms with Crippen LogP contribution in [0, 0.1) is 0 Å². The summed E-state index contributed by atoms with van der Waals surface area (Å²) in [6.45, 7) is 11.0. The van der Waals surface area contributed by atoms with Crippen molar-refractivity contribution in [2.24, 2.45) is 4.99 Å². The minimum atomic E-state index is 0. The van der Waals surface area contributed by atoms with Gasteiger partial charge >= 0.3 is 0 Å². The van der Waals surface area contributed by atoms with Crippen molar-refractivity contribution < 1.29 is 9.47 Å². The maximum atomic E-state index is 5.77. The lowest BCUT2D eigenvalue weighted by atomic mass is 10.3. The SMILES string of the molecule is CCNC(=NCCCOC1CCOC1)NCCCCN1CCCC1.I. The summed E-state index contributed by atoms with van der Waals surface area (Å²) in [5.41, 5.74) is 0. The van der Waals surface area contributed by atoms with Crippen LogP contribution in [-0.4, -0.2) is 76.1 Å². The van der Waals surface area contributed by atoms with E-state index >= 15 is 0 Å². The van der Waals surface area contributed by atoms with E-state index in [-0.39, 0.29) is 24.0 Å². The minimum Gasteiger partial charge on any atom is -0.379 e. The number of rotatable bonds is 11. The zero-order chi connectivity index (χ0) is 16.9. The molecule has 1 atom stereocenters. The van der Waals surface area contributed by atoms with Gasteiger partial charge in [-0.05, 0) is 65.1 Å². The molecule has 2 fully saturated rings. The van der Waals surface area contributed by atoms with Crippen LogP contribution in [0.1, 0.15) is 45.4 Å². The Labute approximate surface area is 170 Å². The molecule has 2 saturated heterocycles. The summed E-state index contributed by atoms with van der Waals surface area (Å²) >= 11 is 0. The second-order valence-electron chi connectivity index (χ2n) is 6.65. The number of hydrogen-bond donors (Lipinski definition) is 2. The second kappa shape index (κ2) is 15.0. The first-order valence-corrected chi connectivity index (χ1v) is 9.82. The topological polar surface area (TPSA) is 58.1 Å². The van der Waals surface area contributed by atoms with Gasteiger partial charge in [-0.1, -0.05) is 0 Å². The second-order valence-corrected chi connectivity index (χ2v) is 6.65. The van der Waals surface area contributed by atoms with Crippen molar-refractivity contribution in [3.8, 4) is 0 Å². The Morgan fingerprint density at radius 1 is 1.20 bits per heavy atom. The Balaban J connectivity index is 0.00000312. The van der Waals surface area contributed by atoms with Crippen molar-refractivity contribution in [2.45, 2.75) is 51.6 Å². The van der Waals surface area contributed by atoms with Crippen molar-refractivity contribution in [2.75, 3.05) is 59.1 Å². The highest BCUT2D eigenvalue weighted by Gasteiger charge is 2.15. The number of unbranched alkanes of at least 4 members (excludes halogenated alkanes) is 1. The molecule has 0 aromatic heterocycles. The molecule has 1 unspecified atom stereocenters. The molecule has 0 bridgehead atoms. The Bertz CT molecular complexity index is 346. The average molecular weight is 468 g/mol. The number of hydrogen-bond acceptors (Lipinski definition) is 4. The maximum absolute atomic E-state index is 5.77. The molecule has 2 aliphatic heterocycles.